The molecule has 1 heterocycles. The second-order valence-electron chi connectivity index (χ2n) is 5.64. The molecule has 0 bridgehead atoms. The van der Waals surface area contributed by atoms with Gasteiger partial charge in [-0.15, -0.1) is 0 Å². The molecule has 2 aromatic carbocycles. The summed E-state index contributed by atoms with van der Waals surface area (Å²) < 4.78 is 16.2. The molecule has 0 radical (unpaired) electrons. The van der Waals surface area contributed by atoms with Gasteiger partial charge in [0.15, 0.2) is 18.2 Å². The van der Waals surface area contributed by atoms with Crippen molar-refractivity contribution in [1.29, 1.82) is 0 Å². The molecule has 0 spiro atoms. The molecular weight excluding hydrogens is 308 g/mol. The second-order valence-corrected chi connectivity index (χ2v) is 5.64. The van der Waals surface area contributed by atoms with Crippen molar-refractivity contribution in [2.75, 3.05) is 18.8 Å². The number of nitrogens with one attached hydrogen (secondary N) is 2. The maximum absolute atomic E-state index is 12.0. The van der Waals surface area contributed by atoms with Crippen LogP contribution in [-0.4, -0.2) is 19.6 Å². The Labute approximate surface area is 140 Å². The fourth-order valence-electron chi connectivity index (χ4n) is 2.47. The molecule has 6 nitrogen and oxygen atoms in total. The highest BCUT2D eigenvalue weighted by Gasteiger charge is 2.14. The Bertz CT molecular complexity index is 774. The summed E-state index contributed by atoms with van der Waals surface area (Å²) in [5.41, 5.74) is 3.89. The van der Waals surface area contributed by atoms with Crippen LogP contribution in [-0.2, 0) is 0 Å². The molecule has 2 N–H and O–H groups in total. The second kappa shape index (κ2) is 6.70. The zero-order chi connectivity index (χ0) is 17.1. The predicted octanol–water partition coefficient (Wildman–Crippen LogP) is 3.50. The minimum atomic E-state index is -0.350. The largest absolute Gasteiger partial charge is 0.473 e. The number of carbonyl (C=O) groups is 1. The number of fused-ring (bicyclic) bond motifs is 1. The Hall–Kier alpha value is -2.89. The first-order valence-electron chi connectivity index (χ1n) is 7.68. The number of amides is 2. The van der Waals surface area contributed by atoms with Gasteiger partial charge in [-0.3, -0.25) is 0 Å². The van der Waals surface area contributed by atoms with Crippen LogP contribution in [0.25, 0.3) is 0 Å². The van der Waals surface area contributed by atoms with Gasteiger partial charge in [0, 0.05) is 11.8 Å². The van der Waals surface area contributed by atoms with E-state index in [-0.39, 0.29) is 19.6 Å². The number of hydrogen-bond acceptors (Lipinski definition) is 4. The first-order chi connectivity index (χ1) is 11.5. The number of anilines is 1. The average Bonchev–Trinajstić information content (AvgIpc) is 3.02. The van der Waals surface area contributed by atoms with Gasteiger partial charge in [-0.1, -0.05) is 12.1 Å². The molecule has 0 saturated carbocycles. The Morgan fingerprint density at radius 3 is 2.67 bits per heavy atom. The molecule has 1 aliphatic heterocycles. The van der Waals surface area contributed by atoms with Crippen LogP contribution in [0.5, 0.6) is 17.2 Å². The first-order valence-corrected chi connectivity index (χ1v) is 7.68. The van der Waals surface area contributed by atoms with Gasteiger partial charge in [-0.05, 0) is 49.6 Å². The van der Waals surface area contributed by atoms with Crippen molar-refractivity contribution in [1.82, 2.24) is 5.32 Å². The summed E-state index contributed by atoms with van der Waals surface area (Å²) >= 11 is 0. The van der Waals surface area contributed by atoms with E-state index in [2.05, 4.69) is 16.7 Å². The van der Waals surface area contributed by atoms with Gasteiger partial charge in [-0.25, -0.2) is 4.79 Å². The molecule has 24 heavy (non-hydrogen) atoms. The number of ether oxygens (including phenoxy) is 3. The molecule has 3 rings (SSSR count). The fourth-order valence-corrected chi connectivity index (χ4v) is 2.47. The highest BCUT2D eigenvalue weighted by Crippen LogP contribution is 2.34. The van der Waals surface area contributed by atoms with E-state index in [1.807, 2.05) is 26.8 Å². The lowest BCUT2D eigenvalue weighted by Crippen LogP contribution is -2.32. The van der Waals surface area contributed by atoms with Crippen LogP contribution in [0.15, 0.2) is 30.3 Å². The summed E-state index contributed by atoms with van der Waals surface area (Å²) in [5.74, 6) is 2.10. The highest BCUT2D eigenvalue weighted by molar-refractivity contribution is 5.89. The lowest BCUT2D eigenvalue weighted by Gasteiger charge is -2.14. The molecule has 0 aromatic heterocycles. The number of urea groups is 1. The molecule has 6 heteroatoms. The minimum absolute atomic E-state index is 0.0848. The minimum Gasteiger partial charge on any atom is -0.473 e. The average molecular weight is 328 g/mol. The van der Waals surface area contributed by atoms with Crippen molar-refractivity contribution in [3.63, 3.8) is 0 Å². The van der Waals surface area contributed by atoms with Crippen LogP contribution >= 0.6 is 0 Å². The van der Waals surface area contributed by atoms with Gasteiger partial charge in [0.05, 0.1) is 0 Å². The van der Waals surface area contributed by atoms with E-state index in [1.54, 1.807) is 18.2 Å². The van der Waals surface area contributed by atoms with Crippen LogP contribution in [0.4, 0.5) is 10.5 Å². The smallest absolute Gasteiger partial charge is 0.321 e. The number of rotatable bonds is 4. The Kier molecular flexibility index (Phi) is 4.46. The molecule has 126 valence electrons. The van der Waals surface area contributed by atoms with Gasteiger partial charge in [0.2, 0.25) is 6.79 Å². The topological polar surface area (TPSA) is 68.8 Å². The zero-order valence-corrected chi connectivity index (χ0v) is 13.9. The van der Waals surface area contributed by atoms with Gasteiger partial charge in [0.25, 0.3) is 0 Å². The molecular formula is C18H20N2O4. The maximum Gasteiger partial charge on any atom is 0.321 e. The molecule has 0 fully saturated rings. The molecule has 0 aliphatic carbocycles. The van der Waals surface area contributed by atoms with E-state index >= 15 is 0 Å². The van der Waals surface area contributed by atoms with Crippen molar-refractivity contribution < 1.29 is 19.0 Å². The number of carbonyl (C=O) groups excluding carboxylic acids is 1. The molecule has 1 aliphatic rings. The van der Waals surface area contributed by atoms with E-state index in [0.29, 0.717) is 17.2 Å². The van der Waals surface area contributed by atoms with E-state index in [1.165, 1.54) is 0 Å². The number of hydrogen-bond donors (Lipinski definition) is 2. The molecule has 0 atom stereocenters. The van der Waals surface area contributed by atoms with Crippen LogP contribution in [0.1, 0.15) is 16.7 Å². The van der Waals surface area contributed by atoms with E-state index in [9.17, 15) is 4.79 Å². The van der Waals surface area contributed by atoms with Crippen LogP contribution in [0.2, 0.25) is 0 Å². The monoisotopic (exact) mass is 328 g/mol. The third-order valence-corrected chi connectivity index (χ3v) is 3.95. The van der Waals surface area contributed by atoms with E-state index in [0.717, 1.165) is 22.4 Å². The molecule has 0 unspecified atom stereocenters. The lowest BCUT2D eigenvalue weighted by molar-refractivity contribution is 0.174. The van der Waals surface area contributed by atoms with Gasteiger partial charge < -0.3 is 24.8 Å². The van der Waals surface area contributed by atoms with E-state index < -0.39 is 0 Å². The number of aryl methyl sites for hydroxylation is 2. The number of benzene rings is 2. The van der Waals surface area contributed by atoms with Crippen molar-refractivity contribution in [3.8, 4) is 17.2 Å². The Morgan fingerprint density at radius 1 is 1.08 bits per heavy atom. The summed E-state index contributed by atoms with van der Waals surface area (Å²) in [5, 5.41) is 5.41. The van der Waals surface area contributed by atoms with Crippen LogP contribution in [0.3, 0.4) is 0 Å². The molecule has 2 amide bonds. The van der Waals surface area contributed by atoms with Gasteiger partial charge >= 0.3 is 6.03 Å². The third kappa shape index (κ3) is 3.37. The first kappa shape index (κ1) is 16.0. The van der Waals surface area contributed by atoms with Crippen molar-refractivity contribution in [2.24, 2.45) is 0 Å². The van der Waals surface area contributed by atoms with Crippen molar-refractivity contribution in [3.05, 3.63) is 47.0 Å². The van der Waals surface area contributed by atoms with Crippen LogP contribution in [0, 0.1) is 20.8 Å². The zero-order valence-electron chi connectivity index (χ0n) is 13.9. The van der Waals surface area contributed by atoms with Crippen molar-refractivity contribution >= 4 is 11.7 Å². The predicted molar refractivity (Wildman–Crippen MR) is 90.9 cm³/mol. The summed E-state index contributed by atoms with van der Waals surface area (Å²) in [7, 11) is 0. The molecule has 0 saturated heterocycles. The van der Waals surface area contributed by atoms with Gasteiger partial charge in [0.1, 0.15) is 5.75 Å². The fraction of sp³-hybridized carbons (Fsp3) is 0.278. The quantitative estimate of drug-likeness (QED) is 0.843. The third-order valence-electron chi connectivity index (χ3n) is 3.95. The lowest BCUT2D eigenvalue weighted by atomic mass is 10.1. The Balaban J connectivity index is 1.54. The van der Waals surface area contributed by atoms with Gasteiger partial charge in [-0.2, -0.15) is 0 Å². The van der Waals surface area contributed by atoms with Crippen LogP contribution < -0.4 is 24.8 Å². The van der Waals surface area contributed by atoms with E-state index in [4.69, 9.17) is 14.2 Å². The highest BCUT2D eigenvalue weighted by atomic mass is 16.7. The van der Waals surface area contributed by atoms with Crippen molar-refractivity contribution in [2.45, 2.75) is 20.8 Å². The summed E-state index contributed by atoms with van der Waals surface area (Å²) in [6, 6.07) is 8.94. The maximum atomic E-state index is 12.0. The summed E-state index contributed by atoms with van der Waals surface area (Å²) in [6.45, 7) is 6.30. The SMILES string of the molecule is Cc1ccc(C)c(OCNC(=O)Nc2ccc3c(c2)OCO3)c1C. The summed E-state index contributed by atoms with van der Waals surface area (Å²) in [4.78, 5) is 12.0. The normalized spacial score (nSPS) is 12.0. The molecule has 2 aromatic rings. The Morgan fingerprint density at radius 2 is 1.83 bits per heavy atom. The summed E-state index contributed by atoms with van der Waals surface area (Å²) in [6.07, 6.45) is 0. The standard InChI is InChI=1S/C18H20N2O4/c1-11-4-5-12(2)17(13(11)3)22-9-19-18(21)20-14-6-7-15-16(8-14)24-10-23-15/h4-8H,9-10H2,1-3H3,(H2,19,20,21).